The Kier molecular flexibility index (Phi) is 5.99. The van der Waals surface area contributed by atoms with Crippen molar-refractivity contribution in [3.63, 3.8) is 0 Å². The van der Waals surface area contributed by atoms with Gasteiger partial charge < -0.3 is 14.4 Å². The third-order valence-corrected chi connectivity index (χ3v) is 5.72. The second-order valence-electron chi connectivity index (χ2n) is 7.86. The van der Waals surface area contributed by atoms with E-state index >= 15 is 0 Å². The lowest BCUT2D eigenvalue weighted by atomic mass is 9.91. The molecule has 30 heavy (non-hydrogen) atoms. The normalized spacial score (nSPS) is 18.0. The number of piperidine rings is 1. The van der Waals surface area contributed by atoms with Crippen molar-refractivity contribution in [2.24, 2.45) is 0 Å². The molecule has 0 bridgehead atoms. The number of carbonyl (C=O) groups is 2. The van der Waals surface area contributed by atoms with E-state index in [-0.39, 0.29) is 24.9 Å². The smallest absolute Gasteiger partial charge is 0.410 e. The molecule has 2 amide bonds. The summed E-state index contributed by atoms with van der Waals surface area (Å²) in [5, 5.41) is 0. The van der Waals surface area contributed by atoms with Crippen LogP contribution in [0.4, 0.5) is 9.18 Å². The number of benzene rings is 2. The third kappa shape index (κ3) is 4.62. The first kappa shape index (κ1) is 20.3. The van der Waals surface area contributed by atoms with Gasteiger partial charge in [0.1, 0.15) is 18.0 Å². The predicted molar refractivity (Wildman–Crippen MR) is 108 cm³/mol. The minimum absolute atomic E-state index is 0.0289. The number of ether oxygens (including phenoxy) is 2. The highest BCUT2D eigenvalue weighted by atomic mass is 19.1. The maximum atomic E-state index is 13.9. The molecule has 0 aliphatic carbocycles. The summed E-state index contributed by atoms with van der Waals surface area (Å²) in [5.41, 5.74) is 0.884. The van der Waals surface area contributed by atoms with Gasteiger partial charge in [0.2, 0.25) is 5.91 Å². The van der Waals surface area contributed by atoms with Crippen LogP contribution in [0.25, 0.3) is 0 Å². The molecule has 2 aliphatic heterocycles. The highest BCUT2D eigenvalue weighted by Gasteiger charge is 2.47. The van der Waals surface area contributed by atoms with Crippen LogP contribution < -0.4 is 0 Å². The van der Waals surface area contributed by atoms with E-state index in [1.807, 2.05) is 30.3 Å². The second-order valence-corrected chi connectivity index (χ2v) is 7.86. The Morgan fingerprint density at radius 2 is 1.77 bits per heavy atom. The first-order valence-corrected chi connectivity index (χ1v) is 10.2. The molecule has 2 heterocycles. The number of hydrogen-bond donors (Lipinski definition) is 0. The van der Waals surface area contributed by atoms with E-state index in [1.165, 1.54) is 6.07 Å². The van der Waals surface area contributed by atoms with Crippen molar-refractivity contribution in [2.45, 2.75) is 31.6 Å². The Balaban J connectivity index is 1.26. The van der Waals surface area contributed by atoms with Crippen LogP contribution in [0.3, 0.4) is 0 Å². The Morgan fingerprint density at radius 1 is 1.07 bits per heavy atom. The fourth-order valence-electron chi connectivity index (χ4n) is 3.99. The number of amides is 2. The largest absolute Gasteiger partial charge is 0.441 e. The first-order chi connectivity index (χ1) is 14.5. The van der Waals surface area contributed by atoms with Crippen LogP contribution in [0.15, 0.2) is 54.6 Å². The van der Waals surface area contributed by atoms with Gasteiger partial charge in [0.25, 0.3) is 0 Å². The number of nitrogens with zero attached hydrogens (tertiary/aromatic N) is 2. The molecule has 0 radical (unpaired) electrons. The Bertz CT molecular complexity index is 897. The minimum atomic E-state index is -0.607. The van der Waals surface area contributed by atoms with E-state index in [2.05, 4.69) is 0 Å². The summed E-state index contributed by atoms with van der Waals surface area (Å²) >= 11 is 0. The van der Waals surface area contributed by atoms with Crippen molar-refractivity contribution in [1.29, 1.82) is 0 Å². The zero-order chi connectivity index (χ0) is 21.0. The van der Waals surface area contributed by atoms with Gasteiger partial charge in [-0.2, -0.15) is 0 Å². The highest BCUT2D eigenvalue weighted by molar-refractivity contribution is 5.77. The van der Waals surface area contributed by atoms with Gasteiger partial charge in [0, 0.05) is 31.5 Å². The molecule has 7 heteroatoms. The number of hydrogen-bond acceptors (Lipinski definition) is 4. The molecular formula is C23H25FN2O4. The minimum Gasteiger partial charge on any atom is -0.441 e. The molecule has 2 aromatic rings. The molecule has 158 valence electrons. The first-order valence-electron chi connectivity index (χ1n) is 10.2. The van der Waals surface area contributed by atoms with Crippen LogP contribution in [0.2, 0.25) is 0 Å². The van der Waals surface area contributed by atoms with Crippen molar-refractivity contribution in [2.75, 3.05) is 26.2 Å². The van der Waals surface area contributed by atoms with Crippen molar-refractivity contribution in [3.05, 3.63) is 71.5 Å². The van der Waals surface area contributed by atoms with Crippen LogP contribution in [-0.4, -0.2) is 53.6 Å². The fourth-order valence-corrected chi connectivity index (χ4v) is 3.99. The van der Waals surface area contributed by atoms with Gasteiger partial charge >= 0.3 is 6.09 Å². The summed E-state index contributed by atoms with van der Waals surface area (Å²) in [6.45, 7) is 2.03. The molecule has 0 saturated carbocycles. The number of carbonyl (C=O) groups excluding carboxylic acids is 2. The fraction of sp³-hybridized carbons (Fsp3) is 0.391. The number of rotatable bonds is 6. The summed E-state index contributed by atoms with van der Waals surface area (Å²) < 4.78 is 25.1. The van der Waals surface area contributed by atoms with Crippen LogP contribution in [0, 0.1) is 5.82 Å². The van der Waals surface area contributed by atoms with E-state index < -0.39 is 11.7 Å². The van der Waals surface area contributed by atoms with Crippen molar-refractivity contribution in [1.82, 2.24) is 9.80 Å². The topological polar surface area (TPSA) is 59.1 Å². The van der Waals surface area contributed by atoms with Gasteiger partial charge in [0.05, 0.1) is 19.7 Å². The van der Waals surface area contributed by atoms with Crippen LogP contribution >= 0.6 is 0 Å². The Hall–Kier alpha value is -2.93. The maximum Gasteiger partial charge on any atom is 0.410 e. The molecule has 1 spiro atoms. The van der Waals surface area contributed by atoms with Gasteiger partial charge in [-0.05, 0) is 11.6 Å². The quantitative estimate of drug-likeness (QED) is 0.730. The van der Waals surface area contributed by atoms with Gasteiger partial charge in [-0.15, -0.1) is 0 Å². The van der Waals surface area contributed by atoms with Crippen molar-refractivity contribution in [3.8, 4) is 0 Å². The van der Waals surface area contributed by atoms with Gasteiger partial charge in [-0.25, -0.2) is 9.18 Å². The van der Waals surface area contributed by atoms with Crippen molar-refractivity contribution >= 4 is 12.0 Å². The van der Waals surface area contributed by atoms with E-state index in [1.54, 1.807) is 28.0 Å². The summed E-state index contributed by atoms with van der Waals surface area (Å²) in [6, 6.07) is 16.1. The summed E-state index contributed by atoms with van der Waals surface area (Å²) in [5.74, 6) is -0.393. The van der Waals surface area contributed by atoms with Gasteiger partial charge in [-0.1, -0.05) is 48.5 Å². The lowest BCUT2D eigenvalue weighted by Gasteiger charge is -2.37. The van der Waals surface area contributed by atoms with Gasteiger partial charge in [0.15, 0.2) is 0 Å². The maximum absolute atomic E-state index is 13.9. The highest BCUT2D eigenvalue weighted by Crippen LogP contribution is 2.34. The van der Waals surface area contributed by atoms with Gasteiger partial charge in [-0.3, -0.25) is 9.69 Å². The molecule has 4 rings (SSSR count). The predicted octanol–water partition coefficient (Wildman–Crippen LogP) is 3.36. The molecule has 0 aromatic heterocycles. The summed E-state index contributed by atoms with van der Waals surface area (Å²) in [4.78, 5) is 28.1. The Labute approximate surface area is 175 Å². The molecule has 0 unspecified atom stereocenters. The second kappa shape index (κ2) is 8.83. The molecule has 2 fully saturated rings. The average Bonchev–Trinajstić information content (AvgIpc) is 3.05. The zero-order valence-corrected chi connectivity index (χ0v) is 16.8. The lowest BCUT2D eigenvalue weighted by Crippen LogP contribution is -2.49. The van der Waals surface area contributed by atoms with E-state index in [0.29, 0.717) is 44.6 Å². The third-order valence-electron chi connectivity index (χ3n) is 5.72. The summed E-state index contributed by atoms with van der Waals surface area (Å²) in [7, 11) is 0. The van der Waals surface area contributed by atoms with E-state index in [0.717, 1.165) is 5.56 Å². The summed E-state index contributed by atoms with van der Waals surface area (Å²) in [6.07, 6.45) is 0.706. The standard InChI is InChI=1S/C23H25FN2O4/c24-20-9-5-4-8-19(20)14-26-17-23(30-22(26)28)10-12-25(13-11-23)21(27)16-29-15-18-6-2-1-3-7-18/h1-9H,10-17H2. The SMILES string of the molecule is O=C(COCc1ccccc1)N1CCC2(CC1)CN(Cc1ccccc1F)C(=O)O2. The molecule has 6 nitrogen and oxygen atoms in total. The molecule has 0 N–H and O–H groups in total. The monoisotopic (exact) mass is 412 g/mol. The average molecular weight is 412 g/mol. The molecular weight excluding hydrogens is 387 g/mol. The van der Waals surface area contributed by atoms with Crippen LogP contribution in [-0.2, 0) is 27.4 Å². The van der Waals surface area contributed by atoms with Crippen molar-refractivity contribution < 1.29 is 23.5 Å². The zero-order valence-electron chi connectivity index (χ0n) is 16.8. The Morgan fingerprint density at radius 3 is 2.50 bits per heavy atom. The molecule has 2 aliphatic rings. The molecule has 2 aromatic carbocycles. The van der Waals surface area contributed by atoms with E-state index in [9.17, 15) is 14.0 Å². The molecule has 2 saturated heterocycles. The van der Waals surface area contributed by atoms with Crippen LogP contribution in [0.5, 0.6) is 0 Å². The van der Waals surface area contributed by atoms with E-state index in [4.69, 9.17) is 9.47 Å². The number of halogens is 1. The number of likely N-dealkylation sites (tertiary alicyclic amines) is 1. The molecule has 0 atom stereocenters. The lowest BCUT2D eigenvalue weighted by molar-refractivity contribution is -0.139. The van der Waals surface area contributed by atoms with Crippen LogP contribution in [0.1, 0.15) is 24.0 Å².